The molecular formula is C6H4N2S2. The van der Waals surface area contributed by atoms with Gasteiger partial charge in [0, 0.05) is 0 Å². The van der Waals surface area contributed by atoms with E-state index in [9.17, 15) is 0 Å². The van der Waals surface area contributed by atoms with Crippen molar-refractivity contribution in [3.63, 3.8) is 0 Å². The Kier molecular flexibility index (Phi) is 2.10. The Hall–Kier alpha value is -0.790. The van der Waals surface area contributed by atoms with E-state index in [2.05, 4.69) is 5.32 Å². The third-order valence-corrected chi connectivity index (χ3v) is 1.70. The second-order valence-electron chi connectivity index (χ2n) is 1.82. The van der Waals surface area contributed by atoms with Gasteiger partial charge in [-0.3, -0.25) is 0 Å². The van der Waals surface area contributed by atoms with Crippen molar-refractivity contribution in [2.45, 2.75) is 0 Å². The van der Waals surface area contributed by atoms with Crippen LogP contribution in [0.3, 0.4) is 0 Å². The molecule has 0 aliphatic carbocycles. The first kappa shape index (κ1) is 7.32. The van der Waals surface area contributed by atoms with Crippen LogP contribution in [0.2, 0.25) is 0 Å². The van der Waals surface area contributed by atoms with Gasteiger partial charge < -0.3 is 5.32 Å². The molecule has 0 aromatic rings. The minimum Gasteiger partial charge on any atom is -0.340 e. The first-order valence-corrected chi connectivity index (χ1v) is 3.48. The predicted molar refractivity (Wildman–Crippen MR) is 46.6 cm³/mol. The van der Waals surface area contributed by atoms with Gasteiger partial charge >= 0.3 is 0 Å². The molecule has 1 aliphatic rings. The van der Waals surface area contributed by atoms with E-state index in [1.807, 2.05) is 6.07 Å². The van der Waals surface area contributed by atoms with Gasteiger partial charge in [0.15, 0.2) is 0 Å². The molecule has 1 unspecified atom stereocenters. The van der Waals surface area contributed by atoms with E-state index in [-0.39, 0.29) is 5.92 Å². The molecule has 1 heterocycles. The fourth-order valence-electron chi connectivity index (χ4n) is 0.614. The van der Waals surface area contributed by atoms with Crippen molar-refractivity contribution < 1.29 is 0 Å². The maximum absolute atomic E-state index is 8.48. The molecule has 0 saturated heterocycles. The second-order valence-corrected chi connectivity index (χ2v) is 2.70. The van der Waals surface area contributed by atoms with E-state index in [4.69, 9.17) is 29.7 Å². The molecule has 0 spiro atoms. The van der Waals surface area contributed by atoms with E-state index < -0.39 is 0 Å². The van der Waals surface area contributed by atoms with Gasteiger partial charge in [-0.1, -0.05) is 30.5 Å². The summed E-state index contributed by atoms with van der Waals surface area (Å²) in [6.07, 6.45) is 3.38. The van der Waals surface area contributed by atoms with Crippen molar-refractivity contribution in [2.75, 3.05) is 0 Å². The summed E-state index contributed by atoms with van der Waals surface area (Å²) in [6, 6.07) is 2.02. The highest BCUT2D eigenvalue weighted by Crippen LogP contribution is 2.04. The van der Waals surface area contributed by atoms with E-state index in [1.54, 1.807) is 12.2 Å². The van der Waals surface area contributed by atoms with Crippen LogP contribution in [0.25, 0.3) is 0 Å². The number of thiocarbonyl (C=S) groups is 2. The summed E-state index contributed by atoms with van der Waals surface area (Å²) in [7, 11) is 0. The van der Waals surface area contributed by atoms with E-state index >= 15 is 0 Å². The van der Waals surface area contributed by atoms with Crippen LogP contribution in [-0.2, 0) is 0 Å². The molecule has 2 nitrogen and oxygen atoms in total. The number of hydrogen-bond donors (Lipinski definition) is 1. The molecular weight excluding hydrogens is 164 g/mol. The summed E-state index contributed by atoms with van der Waals surface area (Å²) < 4.78 is 0. The molecule has 1 rings (SSSR count). The van der Waals surface area contributed by atoms with Gasteiger partial charge in [0.25, 0.3) is 0 Å². The van der Waals surface area contributed by atoms with Crippen molar-refractivity contribution in [3.05, 3.63) is 12.2 Å². The van der Waals surface area contributed by atoms with Gasteiger partial charge in [-0.15, -0.1) is 0 Å². The summed E-state index contributed by atoms with van der Waals surface area (Å²) in [5.41, 5.74) is 0. The smallest absolute Gasteiger partial charge is 0.115 e. The fourth-order valence-corrected chi connectivity index (χ4v) is 1.11. The monoisotopic (exact) mass is 168 g/mol. The standard InChI is InChI=1S/C6H4N2S2/c7-3-4-1-2-5(9)8-6(4)10/h1-2,4H,(H,8,9,10). The Bertz CT molecular complexity index is 249. The molecule has 10 heavy (non-hydrogen) atoms. The zero-order valence-corrected chi connectivity index (χ0v) is 6.63. The van der Waals surface area contributed by atoms with Crippen LogP contribution in [0.15, 0.2) is 12.2 Å². The molecule has 0 aromatic carbocycles. The van der Waals surface area contributed by atoms with Crippen molar-refractivity contribution in [3.8, 4) is 6.07 Å². The SMILES string of the molecule is N#CC1C=CC(=S)NC1=S. The molecule has 0 radical (unpaired) electrons. The topological polar surface area (TPSA) is 35.8 Å². The predicted octanol–water partition coefficient (Wildman–Crippen LogP) is 0.940. The Balaban J connectivity index is 2.84. The molecule has 1 N–H and O–H groups in total. The summed E-state index contributed by atoms with van der Waals surface area (Å²) in [4.78, 5) is 1.08. The average Bonchev–Trinajstić information content (AvgIpc) is 1.88. The Morgan fingerprint density at radius 2 is 2.30 bits per heavy atom. The number of nitriles is 1. The molecule has 1 atom stereocenters. The van der Waals surface area contributed by atoms with Gasteiger partial charge in [-0.05, 0) is 6.08 Å². The van der Waals surface area contributed by atoms with Crippen LogP contribution in [0, 0.1) is 17.2 Å². The average molecular weight is 168 g/mol. The summed E-state index contributed by atoms with van der Waals surface area (Å²) in [5.74, 6) is -0.304. The number of hydrogen-bond acceptors (Lipinski definition) is 3. The fraction of sp³-hybridized carbons (Fsp3) is 0.167. The lowest BCUT2D eigenvalue weighted by Gasteiger charge is -2.12. The lowest BCUT2D eigenvalue weighted by molar-refractivity contribution is 1.10. The number of rotatable bonds is 0. The molecule has 0 aromatic heterocycles. The van der Waals surface area contributed by atoms with Gasteiger partial charge in [0.2, 0.25) is 0 Å². The van der Waals surface area contributed by atoms with Crippen LogP contribution in [-0.4, -0.2) is 9.98 Å². The van der Waals surface area contributed by atoms with Crippen molar-refractivity contribution in [1.29, 1.82) is 5.26 Å². The molecule has 50 valence electrons. The third kappa shape index (κ3) is 1.38. The summed E-state index contributed by atoms with van der Waals surface area (Å²) in [5, 5.41) is 11.2. The normalized spacial score (nSPS) is 23.7. The summed E-state index contributed by atoms with van der Waals surface area (Å²) >= 11 is 9.62. The van der Waals surface area contributed by atoms with Crippen LogP contribution in [0.1, 0.15) is 0 Å². The first-order valence-electron chi connectivity index (χ1n) is 2.66. The van der Waals surface area contributed by atoms with E-state index in [0.717, 1.165) is 0 Å². The molecule has 0 bridgehead atoms. The Morgan fingerprint density at radius 3 is 2.80 bits per heavy atom. The van der Waals surface area contributed by atoms with Crippen LogP contribution in [0.4, 0.5) is 0 Å². The molecule has 4 heteroatoms. The van der Waals surface area contributed by atoms with Gasteiger partial charge in [-0.25, -0.2) is 0 Å². The van der Waals surface area contributed by atoms with Crippen molar-refractivity contribution in [2.24, 2.45) is 5.92 Å². The highest BCUT2D eigenvalue weighted by atomic mass is 32.1. The highest BCUT2D eigenvalue weighted by molar-refractivity contribution is 7.82. The lowest BCUT2D eigenvalue weighted by atomic mass is 10.1. The molecule has 0 fully saturated rings. The van der Waals surface area contributed by atoms with Gasteiger partial charge in [-0.2, -0.15) is 5.26 Å². The quantitative estimate of drug-likeness (QED) is 0.546. The zero-order chi connectivity index (χ0) is 7.56. The largest absolute Gasteiger partial charge is 0.340 e. The van der Waals surface area contributed by atoms with E-state index in [0.29, 0.717) is 9.98 Å². The Labute approximate surface area is 69.5 Å². The third-order valence-electron chi connectivity index (χ3n) is 1.11. The molecule has 0 saturated carbocycles. The maximum Gasteiger partial charge on any atom is 0.115 e. The minimum atomic E-state index is -0.304. The van der Waals surface area contributed by atoms with Crippen molar-refractivity contribution >= 4 is 34.4 Å². The van der Waals surface area contributed by atoms with Gasteiger partial charge in [0.1, 0.15) is 15.9 Å². The molecule has 1 aliphatic heterocycles. The Morgan fingerprint density at radius 1 is 1.60 bits per heavy atom. The molecule has 0 amide bonds. The maximum atomic E-state index is 8.48. The minimum absolute atomic E-state index is 0.304. The second kappa shape index (κ2) is 2.86. The summed E-state index contributed by atoms with van der Waals surface area (Å²) in [6.45, 7) is 0. The highest BCUT2D eigenvalue weighted by Gasteiger charge is 2.14. The van der Waals surface area contributed by atoms with E-state index in [1.165, 1.54) is 0 Å². The van der Waals surface area contributed by atoms with Crippen molar-refractivity contribution in [1.82, 2.24) is 5.32 Å². The van der Waals surface area contributed by atoms with Crippen LogP contribution < -0.4 is 5.32 Å². The van der Waals surface area contributed by atoms with Crippen LogP contribution in [0.5, 0.6) is 0 Å². The van der Waals surface area contributed by atoms with Crippen LogP contribution >= 0.6 is 24.4 Å². The number of nitrogens with zero attached hydrogens (tertiary/aromatic N) is 1. The lowest BCUT2D eigenvalue weighted by Crippen LogP contribution is -2.34. The van der Waals surface area contributed by atoms with Gasteiger partial charge in [0.05, 0.1) is 6.07 Å². The first-order chi connectivity index (χ1) is 4.74. The number of nitrogens with one attached hydrogen (secondary N) is 1. The zero-order valence-electron chi connectivity index (χ0n) is 5.00.